The van der Waals surface area contributed by atoms with Gasteiger partial charge in [0.15, 0.2) is 6.29 Å². The molecule has 0 aromatic heterocycles. The molecule has 0 saturated heterocycles. The number of carbonyl (C=O) groups excluding carboxylic acids is 1. The summed E-state index contributed by atoms with van der Waals surface area (Å²) >= 11 is 11.8. The molecule has 92 valence electrons. The standard InChI is InChI=1S/C14H10Cl2O2/c1-9-2-4-11(15)6-14(9)18-12-5-3-10(8-17)13(16)7-12/h2-8H,1H3. The van der Waals surface area contributed by atoms with Crippen LogP contribution in [0.1, 0.15) is 15.9 Å². The fourth-order valence-electron chi connectivity index (χ4n) is 1.48. The summed E-state index contributed by atoms with van der Waals surface area (Å²) in [4.78, 5) is 10.7. The second-order valence-corrected chi connectivity index (χ2v) is 4.66. The summed E-state index contributed by atoms with van der Waals surface area (Å²) in [6.07, 6.45) is 0.705. The molecule has 0 amide bonds. The van der Waals surface area contributed by atoms with Crippen LogP contribution in [0.3, 0.4) is 0 Å². The molecule has 0 spiro atoms. The minimum atomic E-state index is 0.363. The first kappa shape index (κ1) is 12.9. The van der Waals surface area contributed by atoms with E-state index in [-0.39, 0.29) is 0 Å². The Bertz CT molecular complexity index is 594. The number of hydrogen-bond acceptors (Lipinski definition) is 2. The molecule has 2 nitrogen and oxygen atoms in total. The van der Waals surface area contributed by atoms with Gasteiger partial charge in [-0.2, -0.15) is 0 Å². The van der Waals surface area contributed by atoms with Gasteiger partial charge in [0.05, 0.1) is 5.02 Å². The Morgan fingerprint density at radius 3 is 2.56 bits per heavy atom. The van der Waals surface area contributed by atoms with Gasteiger partial charge in [-0.25, -0.2) is 0 Å². The minimum Gasteiger partial charge on any atom is -0.457 e. The van der Waals surface area contributed by atoms with Gasteiger partial charge in [0.1, 0.15) is 11.5 Å². The Morgan fingerprint density at radius 1 is 1.11 bits per heavy atom. The van der Waals surface area contributed by atoms with Gasteiger partial charge in [0.25, 0.3) is 0 Å². The van der Waals surface area contributed by atoms with Crippen LogP contribution in [-0.2, 0) is 0 Å². The lowest BCUT2D eigenvalue weighted by Gasteiger charge is -2.09. The normalized spacial score (nSPS) is 10.2. The number of carbonyl (C=O) groups is 1. The zero-order valence-electron chi connectivity index (χ0n) is 9.61. The van der Waals surface area contributed by atoms with Crippen LogP contribution in [0.25, 0.3) is 0 Å². The van der Waals surface area contributed by atoms with E-state index < -0.39 is 0 Å². The largest absolute Gasteiger partial charge is 0.457 e. The lowest BCUT2D eigenvalue weighted by atomic mass is 10.2. The summed E-state index contributed by atoms with van der Waals surface area (Å²) in [5.74, 6) is 1.23. The first-order chi connectivity index (χ1) is 8.60. The van der Waals surface area contributed by atoms with Gasteiger partial charge in [-0.3, -0.25) is 4.79 Å². The van der Waals surface area contributed by atoms with E-state index in [1.54, 1.807) is 30.3 Å². The third kappa shape index (κ3) is 2.84. The maximum atomic E-state index is 10.7. The van der Waals surface area contributed by atoms with Crippen LogP contribution in [-0.4, -0.2) is 6.29 Å². The predicted octanol–water partition coefficient (Wildman–Crippen LogP) is 4.91. The van der Waals surface area contributed by atoms with E-state index in [1.165, 1.54) is 0 Å². The van der Waals surface area contributed by atoms with E-state index in [0.29, 0.717) is 33.4 Å². The van der Waals surface area contributed by atoms with Gasteiger partial charge in [-0.05, 0) is 36.8 Å². The van der Waals surface area contributed by atoms with Crippen molar-refractivity contribution in [1.29, 1.82) is 0 Å². The van der Waals surface area contributed by atoms with E-state index in [1.807, 2.05) is 13.0 Å². The number of benzene rings is 2. The number of halogens is 2. The van der Waals surface area contributed by atoms with E-state index in [9.17, 15) is 4.79 Å². The number of ether oxygens (including phenoxy) is 1. The van der Waals surface area contributed by atoms with Gasteiger partial charge in [-0.15, -0.1) is 0 Å². The second-order valence-electron chi connectivity index (χ2n) is 3.81. The highest BCUT2D eigenvalue weighted by Crippen LogP contribution is 2.30. The predicted molar refractivity (Wildman–Crippen MR) is 73.1 cm³/mol. The summed E-state index contributed by atoms with van der Waals surface area (Å²) in [6, 6.07) is 10.3. The van der Waals surface area contributed by atoms with Crippen molar-refractivity contribution in [2.45, 2.75) is 6.92 Å². The average Bonchev–Trinajstić information content (AvgIpc) is 2.34. The van der Waals surface area contributed by atoms with Gasteiger partial charge >= 0.3 is 0 Å². The van der Waals surface area contributed by atoms with E-state index >= 15 is 0 Å². The third-order valence-corrected chi connectivity index (χ3v) is 3.04. The van der Waals surface area contributed by atoms with Crippen molar-refractivity contribution in [3.8, 4) is 11.5 Å². The minimum absolute atomic E-state index is 0.363. The van der Waals surface area contributed by atoms with Crippen LogP contribution in [0.15, 0.2) is 36.4 Å². The summed E-state index contributed by atoms with van der Waals surface area (Å²) < 4.78 is 5.69. The number of rotatable bonds is 3. The fraction of sp³-hybridized carbons (Fsp3) is 0.0714. The summed E-state index contributed by atoms with van der Waals surface area (Å²) in [5.41, 5.74) is 1.40. The van der Waals surface area contributed by atoms with Gasteiger partial charge < -0.3 is 4.74 Å². The SMILES string of the molecule is Cc1ccc(Cl)cc1Oc1ccc(C=O)c(Cl)c1. The number of aldehydes is 1. The number of aryl methyl sites for hydroxylation is 1. The van der Waals surface area contributed by atoms with Crippen molar-refractivity contribution in [2.75, 3.05) is 0 Å². The average molecular weight is 281 g/mol. The molecular formula is C14H10Cl2O2. The Hall–Kier alpha value is -1.51. The van der Waals surface area contributed by atoms with E-state index in [0.717, 1.165) is 5.56 Å². The van der Waals surface area contributed by atoms with Crippen LogP contribution in [0.4, 0.5) is 0 Å². The highest BCUT2D eigenvalue weighted by atomic mass is 35.5. The molecule has 2 aromatic rings. The molecule has 0 aliphatic rings. The quantitative estimate of drug-likeness (QED) is 0.747. The molecule has 2 aromatic carbocycles. The molecule has 0 bridgehead atoms. The fourth-order valence-corrected chi connectivity index (χ4v) is 1.85. The van der Waals surface area contributed by atoms with Crippen molar-refractivity contribution in [3.63, 3.8) is 0 Å². The molecule has 0 heterocycles. The highest BCUT2D eigenvalue weighted by molar-refractivity contribution is 6.33. The number of hydrogen-bond donors (Lipinski definition) is 0. The van der Waals surface area contributed by atoms with Gasteiger partial charge in [-0.1, -0.05) is 29.3 Å². The first-order valence-corrected chi connectivity index (χ1v) is 6.04. The molecule has 0 fully saturated rings. The van der Waals surface area contributed by atoms with Gasteiger partial charge in [0.2, 0.25) is 0 Å². The monoisotopic (exact) mass is 280 g/mol. The third-order valence-electron chi connectivity index (χ3n) is 2.48. The molecule has 0 atom stereocenters. The molecule has 18 heavy (non-hydrogen) atoms. The van der Waals surface area contributed by atoms with Crippen molar-refractivity contribution >= 4 is 29.5 Å². The molecular weight excluding hydrogens is 271 g/mol. The summed E-state index contributed by atoms with van der Waals surface area (Å²) in [6.45, 7) is 1.92. The zero-order valence-corrected chi connectivity index (χ0v) is 11.1. The Labute approximate surface area is 115 Å². The van der Waals surface area contributed by atoms with Crippen LogP contribution >= 0.6 is 23.2 Å². The molecule has 0 N–H and O–H groups in total. The molecule has 0 aliphatic carbocycles. The maximum absolute atomic E-state index is 10.7. The Morgan fingerprint density at radius 2 is 1.89 bits per heavy atom. The van der Waals surface area contributed by atoms with E-state index in [2.05, 4.69) is 0 Å². The smallest absolute Gasteiger partial charge is 0.151 e. The summed E-state index contributed by atoms with van der Waals surface area (Å²) in [7, 11) is 0. The highest BCUT2D eigenvalue weighted by Gasteiger charge is 2.05. The lowest BCUT2D eigenvalue weighted by Crippen LogP contribution is -1.89. The van der Waals surface area contributed by atoms with Crippen molar-refractivity contribution in [3.05, 3.63) is 57.6 Å². The first-order valence-electron chi connectivity index (χ1n) is 5.29. The van der Waals surface area contributed by atoms with Crippen molar-refractivity contribution in [1.82, 2.24) is 0 Å². The van der Waals surface area contributed by atoms with Gasteiger partial charge in [0, 0.05) is 16.7 Å². The van der Waals surface area contributed by atoms with Crippen LogP contribution in [0.5, 0.6) is 11.5 Å². The molecule has 0 unspecified atom stereocenters. The van der Waals surface area contributed by atoms with Crippen LogP contribution in [0, 0.1) is 6.92 Å². The molecule has 0 saturated carbocycles. The second kappa shape index (κ2) is 5.42. The van der Waals surface area contributed by atoms with Crippen LogP contribution in [0.2, 0.25) is 10.0 Å². The van der Waals surface area contributed by atoms with E-state index in [4.69, 9.17) is 27.9 Å². The van der Waals surface area contributed by atoms with Crippen LogP contribution < -0.4 is 4.74 Å². The molecule has 2 rings (SSSR count). The molecule has 4 heteroatoms. The topological polar surface area (TPSA) is 26.3 Å². The molecule has 0 radical (unpaired) electrons. The summed E-state index contributed by atoms with van der Waals surface area (Å²) in [5, 5.41) is 0.966. The Balaban J connectivity index is 2.31. The zero-order chi connectivity index (χ0) is 13.1. The Kier molecular flexibility index (Phi) is 3.90. The van der Waals surface area contributed by atoms with Crippen molar-refractivity contribution < 1.29 is 9.53 Å². The van der Waals surface area contributed by atoms with Crippen molar-refractivity contribution in [2.24, 2.45) is 0 Å². The molecule has 0 aliphatic heterocycles. The maximum Gasteiger partial charge on any atom is 0.151 e. The lowest BCUT2D eigenvalue weighted by molar-refractivity contribution is 0.112.